The van der Waals surface area contributed by atoms with Crippen LogP contribution >= 0.6 is 0 Å². The Bertz CT molecular complexity index is 548. The van der Waals surface area contributed by atoms with Crippen LogP contribution in [0, 0.1) is 0 Å². The Morgan fingerprint density at radius 2 is 1.84 bits per heavy atom. The van der Waals surface area contributed by atoms with Crippen molar-refractivity contribution in [2.24, 2.45) is 0 Å². The molecule has 0 unspecified atom stereocenters. The predicted octanol–water partition coefficient (Wildman–Crippen LogP) is 2.15. The molecule has 0 aliphatic heterocycles. The average Bonchev–Trinajstić information content (AvgIpc) is 2.62. The molecule has 0 heterocycles. The summed E-state index contributed by atoms with van der Waals surface area (Å²) in [6.07, 6.45) is 2.09. The number of alkyl carbamates (subject to hydrolysis) is 1. The van der Waals surface area contributed by atoms with Gasteiger partial charge in [0.2, 0.25) is 5.91 Å². The third kappa shape index (κ3) is 10.0. The minimum atomic E-state index is -0.472. The molecule has 0 saturated carbocycles. The average molecular weight is 350 g/mol. The molecule has 0 saturated heterocycles. The lowest BCUT2D eigenvalue weighted by atomic mass is 10.1. The summed E-state index contributed by atoms with van der Waals surface area (Å²) in [5.74, 6) is -0.659. The van der Waals surface area contributed by atoms with Crippen LogP contribution in [0.1, 0.15) is 38.2 Å². The van der Waals surface area contributed by atoms with Gasteiger partial charge >= 0.3 is 12.1 Å². The molecule has 1 aromatic rings. The summed E-state index contributed by atoms with van der Waals surface area (Å²) in [5, 5.41) is 5.25. The number of hydrogen-bond donors (Lipinski definition) is 2. The highest BCUT2D eigenvalue weighted by Crippen LogP contribution is 2.05. The Balaban J connectivity index is 2.07. The summed E-state index contributed by atoms with van der Waals surface area (Å²) >= 11 is 0. The minimum Gasteiger partial charge on any atom is -0.468 e. The van der Waals surface area contributed by atoms with Gasteiger partial charge in [-0.15, -0.1) is 0 Å². The molecule has 0 aromatic heterocycles. The van der Waals surface area contributed by atoms with Crippen molar-refractivity contribution in [3.8, 4) is 0 Å². The van der Waals surface area contributed by atoms with Crippen LogP contribution in [0.25, 0.3) is 0 Å². The molecule has 1 atom stereocenters. The second kappa shape index (κ2) is 11.9. The van der Waals surface area contributed by atoms with Gasteiger partial charge in [-0.05, 0) is 25.3 Å². The molecule has 0 fully saturated rings. The molecule has 1 rings (SSSR count). The standard InChI is InChI=1S/C18H26N2O5/c1-14(8-6-7-11-16(21)19-12-17(22)24-2)20-18(23)25-13-15-9-4-3-5-10-15/h3-5,9-10,14H,6-8,11-13H2,1-2H3,(H,19,21)(H,20,23)/t14-/m1/s1. The first-order valence-corrected chi connectivity index (χ1v) is 8.32. The molecular formula is C18H26N2O5. The maximum Gasteiger partial charge on any atom is 0.407 e. The lowest BCUT2D eigenvalue weighted by Crippen LogP contribution is -2.33. The fourth-order valence-electron chi connectivity index (χ4n) is 2.11. The summed E-state index contributed by atoms with van der Waals surface area (Å²) in [7, 11) is 1.27. The van der Waals surface area contributed by atoms with Gasteiger partial charge in [-0.25, -0.2) is 4.79 Å². The van der Waals surface area contributed by atoms with E-state index in [0.717, 1.165) is 18.4 Å². The number of nitrogens with one attached hydrogen (secondary N) is 2. The first-order valence-electron chi connectivity index (χ1n) is 8.32. The van der Waals surface area contributed by atoms with Crippen molar-refractivity contribution < 1.29 is 23.9 Å². The van der Waals surface area contributed by atoms with E-state index in [1.54, 1.807) is 0 Å². The minimum absolute atomic E-state index is 0.0404. The van der Waals surface area contributed by atoms with Gasteiger partial charge in [0.1, 0.15) is 13.2 Å². The summed E-state index contributed by atoms with van der Waals surface area (Å²) in [5.41, 5.74) is 0.934. The van der Waals surface area contributed by atoms with Crippen LogP contribution in [0.2, 0.25) is 0 Å². The Kier molecular flexibility index (Phi) is 9.74. The van der Waals surface area contributed by atoms with Crippen molar-refractivity contribution in [1.29, 1.82) is 0 Å². The van der Waals surface area contributed by atoms with Crippen molar-refractivity contribution in [3.63, 3.8) is 0 Å². The second-order valence-electron chi connectivity index (χ2n) is 5.71. The number of carbonyl (C=O) groups excluding carboxylic acids is 3. The lowest BCUT2D eigenvalue weighted by Gasteiger charge is -2.14. The molecule has 0 radical (unpaired) electrons. The van der Waals surface area contributed by atoms with Crippen LogP contribution in [0.4, 0.5) is 4.79 Å². The molecule has 2 N–H and O–H groups in total. The van der Waals surface area contributed by atoms with Gasteiger partial charge in [0.05, 0.1) is 7.11 Å². The van der Waals surface area contributed by atoms with E-state index in [4.69, 9.17) is 4.74 Å². The number of carbonyl (C=O) groups is 3. The van der Waals surface area contributed by atoms with Gasteiger partial charge in [-0.2, -0.15) is 0 Å². The van der Waals surface area contributed by atoms with Gasteiger partial charge in [0.15, 0.2) is 0 Å². The molecule has 7 heteroatoms. The maximum atomic E-state index is 11.7. The fraction of sp³-hybridized carbons (Fsp3) is 0.500. The SMILES string of the molecule is COC(=O)CNC(=O)CCCC[C@@H](C)NC(=O)OCc1ccccc1. The summed E-state index contributed by atoms with van der Waals surface area (Å²) in [6, 6.07) is 9.42. The fourth-order valence-corrected chi connectivity index (χ4v) is 2.11. The molecule has 0 aliphatic rings. The molecule has 25 heavy (non-hydrogen) atoms. The number of rotatable bonds is 10. The monoisotopic (exact) mass is 350 g/mol. The zero-order chi connectivity index (χ0) is 18.5. The molecule has 0 spiro atoms. The van der Waals surface area contributed by atoms with Crippen molar-refractivity contribution in [1.82, 2.24) is 10.6 Å². The van der Waals surface area contributed by atoms with Crippen LogP contribution in [-0.2, 0) is 25.7 Å². The molecular weight excluding hydrogens is 324 g/mol. The van der Waals surface area contributed by atoms with Crippen LogP contribution in [-0.4, -0.2) is 37.7 Å². The van der Waals surface area contributed by atoms with E-state index >= 15 is 0 Å². The largest absolute Gasteiger partial charge is 0.468 e. The topological polar surface area (TPSA) is 93.7 Å². The molecule has 1 aromatic carbocycles. The molecule has 0 aliphatic carbocycles. The van der Waals surface area contributed by atoms with Crippen molar-refractivity contribution >= 4 is 18.0 Å². The zero-order valence-electron chi connectivity index (χ0n) is 14.7. The highest BCUT2D eigenvalue weighted by molar-refractivity contribution is 5.81. The zero-order valence-corrected chi connectivity index (χ0v) is 14.7. The number of amides is 2. The normalized spacial score (nSPS) is 11.3. The number of esters is 1. The molecule has 7 nitrogen and oxygen atoms in total. The second-order valence-corrected chi connectivity index (χ2v) is 5.71. The van der Waals surface area contributed by atoms with E-state index < -0.39 is 12.1 Å². The smallest absolute Gasteiger partial charge is 0.407 e. The van der Waals surface area contributed by atoms with Crippen LogP contribution in [0.15, 0.2) is 30.3 Å². The van der Waals surface area contributed by atoms with Gasteiger partial charge in [0, 0.05) is 12.5 Å². The van der Waals surface area contributed by atoms with E-state index in [2.05, 4.69) is 15.4 Å². The Morgan fingerprint density at radius 3 is 2.52 bits per heavy atom. The van der Waals surface area contributed by atoms with Gasteiger partial charge in [-0.1, -0.05) is 36.8 Å². The van der Waals surface area contributed by atoms with Crippen LogP contribution in [0.3, 0.4) is 0 Å². The Hall–Kier alpha value is -2.57. The van der Waals surface area contributed by atoms with Gasteiger partial charge in [-0.3, -0.25) is 9.59 Å². The van der Waals surface area contributed by atoms with E-state index in [-0.39, 0.29) is 25.1 Å². The highest BCUT2D eigenvalue weighted by atomic mass is 16.5. The van der Waals surface area contributed by atoms with Crippen molar-refractivity contribution in [2.45, 2.75) is 45.3 Å². The maximum absolute atomic E-state index is 11.7. The number of ether oxygens (including phenoxy) is 2. The third-order valence-electron chi connectivity index (χ3n) is 3.53. The van der Waals surface area contributed by atoms with Crippen molar-refractivity contribution in [3.05, 3.63) is 35.9 Å². The quantitative estimate of drug-likeness (QED) is 0.498. The summed E-state index contributed by atoms with van der Waals surface area (Å²) in [4.78, 5) is 34.1. The van der Waals surface area contributed by atoms with E-state index in [9.17, 15) is 14.4 Å². The number of hydrogen-bond acceptors (Lipinski definition) is 5. The van der Waals surface area contributed by atoms with Crippen molar-refractivity contribution in [2.75, 3.05) is 13.7 Å². The number of methoxy groups -OCH3 is 1. The number of benzene rings is 1. The van der Waals surface area contributed by atoms with E-state index in [1.165, 1.54) is 7.11 Å². The third-order valence-corrected chi connectivity index (χ3v) is 3.53. The summed E-state index contributed by atoms with van der Waals surface area (Å²) in [6.45, 7) is 2.02. The van der Waals surface area contributed by atoms with E-state index in [0.29, 0.717) is 12.8 Å². The Labute approximate surface area is 148 Å². The first kappa shape index (κ1) is 20.5. The molecule has 138 valence electrons. The van der Waals surface area contributed by atoms with E-state index in [1.807, 2.05) is 37.3 Å². The molecule has 0 bridgehead atoms. The first-order chi connectivity index (χ1) is 12.0. The van der Waals surface area contributed by atoms with Crippen LogP contribution in [0.5, 0.6) is 0 Å². The van der Waals surface area contributed by atoms with Gasteiger partial charge < -0.3 is 20.1 Å². The lowest BCUT2D eigenvalue weighted by molar-refractivity contribution is -0.141. The van der Waals surface area contributed by atoms with Gasteiger partial charge in [0.25, 0.3) is 0 Å². The summed E-state index contributed by atoms with van der Waals surface area (Å²) < 4.78 is 9.59. The highest BCUT2D eigenvalue weighted by Gasteiger charge is 2.09. The number of unbranched alkanes of at least 4 members (excludes halogenated alkanes) is 1. The molecule has 2 amide bonds. The Morgan fingerprint density at radius 1 is 1.12 bits per heavy atom. The van der Waals surface area contributed by atoms with Crippen LogP contribution < -0.4 is 10.6 Å². The predicted molar refractivity (Wildman–Crippen MR) is 92.7 cm³/mol.